The molecule has 10 rings (SSSR count). The molecule has 0 radical (unpaired) electrons. The highest BCUT2D eigenvalue weighted by Crippen LogP contribution is 2.65. The summed E-state index contributed by atoms with van der Waals surface area (Å²) in [5, 5.41) is 27.8. The first kappa shape index (κ1) is 41.2. The number of esters is 1. The molecular weight excluding hydrogens is 807 g/mol. The molecule has 1 aromatic heterocycles. The molecule has 6 aromatic rings. The fraction of sp³-hybridized carbons (Fsp3) is 0.308. The van der Waals surface area contributed by atoms with Gasteiger partial charge in [0.25, 0.3) is 0 Å². The number of para-hydroxylation sites is 3. The van der Waals surface area contributed by atoms with Gasteiger partial charge in [-0.05, 0) is 78.8 Å². The van der Waals surface area contributed by atoms with Crippen molar-refractivity contribution in [3.05, 3.63) is 161 Å². The number of ether oxygens (including phenoxy) is 2. The second-order valence-electron chi connectivity index (χ2n) is 17.2. The number of cyclic esters (lactones) is 1. The number of hydrogen-bond donors (Lipinski definition) is 5. The highest BCUT2D eigenvalue weighted by molar-refractivity contribution is 6.12. The topological polar surface area (TPSA) is 166 Å². The van der Waals surface area contributed by atoms with Crippen LogP contribution in [0.3, 0.4) is 0 Å². The van der Waals surface area contributed by atoms with Gasteiger partial charge in [0.05, 0.1) is 42.2 Å². The van der Waals surface area contributed by atoms with Gasteiger partial charge in [-0.2, -0.15) is 0 Å². The molecule has 3 aliphatic heterocycles. The lowest BCUT2D eigenvalue weighted by atomic mass is 9.65. The number of hydrogen-bond acceptors (Lipinski definition) is 9. The van der Waals surface area contributed by atoms with Crippen molar-refractivity contribution in [3.8, 4) is 17.6 Å². The van der Waals surface area contributed by atoms with Crippen LogP contribution in [0.1, 0.15) is 90.4 Å². The molecule has 1 spiro atoms. The average molecular weight is 856 g/mol. The summed E-state index contributed by atoms with van der Waals surface area (Å²) in [6, 6.07) is 36.4. The lowest BCUT2D eigenvalue weighted by molar-refractivity contribution is -0.178. The number of fused-ring (bicyclic) bond motifs is 4. The van der Waals surface area contributed by atoms with E-state index < -0.39 is 58.9 Å². The third-order valence-electron chi connectivity index (χ3n) is 13.4. The molecule has 324 valence electrons. The lowest BCUT2D eigenvalue weighted by Crippen LogP contribution is -2.54. The van der Waals surface area contributed by atoms with E-state index in [1.165, 1.54) is 0 Å². The number of aromatic nitrogens is 2. The Morgan fingerprint density at radius 3 is 2.31 bits per heavy atom. The van der Waals surface area contributed by atoms with Gasteiger partial charge in [-0.1, -0.05) is 116 Å². The number of nitrogens with one attached hydrogen (secondary N) is 3. The van der Waals surface area contributed by atoms with Crippen molar-refractivity contribution in [2.75, 3.05) is 18.5 Å². The molecule has 12 nitrogen and oxygen atoms in total. The number of morpholine rings is 1. The standard InChI is InChI=1S/C52H49N5O7/c58-29-30-63-41-22-12-9-19-36(41)47-52(37-31-33(23-24-38(37)56-50(52)61)25-28-51(62)26-13-1-2-14-27-51)43(48(59)53-32-42-54-39-20-10-11-21-40(39)55-42)45-49(60)64-46(35-17-7-4-8-18-35)44(57(45)47)34-15-5-3-6-16-34/h3-12,15-24,31,43-47,58,62H,1-2,13-14,26-27,29-30,32H2,(H,53,59)(H,54,55)(H,56,61)/t43-,44-,45-,46+,47+,52-/m1/s1. The van der Waals surface area contributed by atoms with Crippen molar-refractivity contribution in [1.29, 1.82) is 0 Å². The molecule has 64 heavy (non-hydrogen) atoms. The SMILES string of the molecule is O=C1O[C@@H](c2ccccc2)[C@@H](c2ccccc2)N2[C@@H](c3ccccc3OCCO)[C@]3(C(=O)Nc4ccc(C#CC5(O)CCCCCC5)cc43)[C@@H](C(=O)NCc3nc4ccccc4[nH]3)[C@H]12. The predicted molar refractivity (Wildman–Crippen MR) is 240 cm³/mol. The van der Waals surface area contributed by atoms with Gasteiger partial charge < -0.3 is 35.3 Å². The fourth-order valence-corrected chi connectivity index (χ4v) is 10.6. The Labute approximate surface area is 371 Å². The van der Waals surface area contributed by atoms with E-state index in [9.17, 15) is 10.2 Å². The van der Waals surface area contributed by atoms with Crippen molar-refractivity contribution < 1.29 is 34.1 Å². The Hall–Kier alpha value is -6.78. The molecule has 12 heteroatoms. The Kier molecular flexibility index (Phi) is 11.0. The summed E-state index contributed by atoms with van der Waals surface area (Å²) in [4.78, 5) is 56.5. The molecule has 1 saturated carbocycles. The second-order valence-corrected chi connectivity index (χ2v) is 17.2. The number of carbonyl (C=O) groups excluding carboxylic acids is 3. The van der Waals surface area contributed by atoms with Crippen LogP contribution in [-0.2, 0) is 31.1 Å². The van der Waals surface area contributed by atoms with Gasteiger partial charge in [-0.25, -0.2) is 4.98 Å². The number of amides is 2. The van der Waals surface area contributed by atoms with E-state index in [1.54, 1.807) is 12.1 Å². The van der Waals surface area contributed by atoms with E-state index in [1.807, 2.05) is 120 Å². The van der Waals surface area contributed by atoms with Gasteiger partial charge in [0.2, 0.25) is 11.8 Å². The summed E-state index contributed by atoms with van der Waals surface area (Å²) in [7, 11) is 0. The predicted octanol–water partition coefficient (Wildman–Crippen LogP) is 6.96. The van der Waals surface area contributed by atoms with E-state index in [2.05, 4.69) is 27.5 Å². The second kappa shape index (κ2) is 17.1. The zero-order valence-corrected chi connectivity index (χ0v) is 35.2. The maximum Gasteiger partial charge on any atom is 0.324 e. The molecule has 6 atom stereocenters. The highest BCUT2D eigenvalue weighted by Gasteiger charge is 2.74. The summed E-state index contributed by atoms with van der Waals surface area (Å²) in [6.07, 6.45) is 4.12. The number of rotatable bonds is 9. The van der Waals surface area contributed by atoms with E-state index in [0.717, 1.165) is 47.8 Å². The molecule has 3 fully saturated rings. The molecule has 5 N–H and O–H groups in total. The van der Waals surface area contributed by atoms with Gasteiger partial charge in [0, 0.05) is 16.8 Å². The first-order valence-electron chi connectivity index (χ1n) is 22.1. The minimum atomic E-state index is -1.80. The summed E-state index contributed by atoms with van der Waals surface area (Å²) < 4.78 is 12.8. The molecule has 0 bridgehead atoms. The zero-order valence-electron chi connectivity index (χ0n) is 35.2. The lowest BCUT2D eigenvalue weighted by Gasteiger charge is -2.46. The van der Waals surface area contributed by atoms with Crippen LogP contribution < -0.4 is 15.4 Å². The average Bonchev–Trinajstić information content (AvgIpc) is 3.92. The largest absolute Gasteiger partial charge is 0.491 e. The third-order valence-corrected chi connectivity index (χ3v) is 13.4. The van der Waals surface area contributed by atoms with Crippen LogP contribution in [0.25, 0.3) is 11.0 Å². The Morgan fingerprint density at radius 2 is 1.56 bits per heavy atom. The van der Waals surface area contributed by atoms with E-state index in [4.69, 9.17) is 14.5 Å². The number of H-pyrrole nitrogens is 1. The number of nitrogens with zero attached hydrogens (tertiary/aromatic N) is 2. The molecule has 4 heterocycles. The smallest absolute Gasteiger partial charge is 0.324 e. The van der Waals surface area contributed by atoms with Crippen LogP contribution >= 0.6 is 0 Å². The number of carbonyl (C=O) groups is 3. The van der Waals surface area contributed by atoms with Crippen LogP contribution in [0.4, 0.5) is 5.69 Å². The third kappa shape index (κ3) is 7.19. The summed E-state index contributed by atoms with van der Waals surface area (Å²) in [6.45, 7) is -0.324. The number of aliphatic hydroxyl groups excluding tert-OH is 1. The van der Waals surface area contributed by atoms with Crippen LogP contribution in [0.2, 0.25) is 0 Å². The van der Waals surface area contributed by atoms with Gasteiger partial charge in [0.1, 0.15) is 41.3 Å². The van der Waals surface area contributed by atoms with Crippen LogP contribution in [-0.4, -0.2) is 67.7 Å². The van der Waals surface area contributed by atoms with Crippen molar-refractivity contribution in [3.63, 3.8) is 0 Å². The molecule has 2 saturated heterocycles. The number of imidazole rings is 1. The van der Waals surface area contributed by atoms with E-state index >= 15 is 14.4 Å². The van der Waals surface area contributed by atoms with Crippen molar-refractivity contribution in [2.24, 2.45) is 5.92 Å². The van der Waals surface area contributed by atoms with Crippen LogP contribution in [0.15, 0.2) is 127 Å². The highest BCUT2D eigenvalue weighted by atomic mass is 16.6. The van der Waals surface area contributed by atoms with Gasteiger partial charge >= 0.3 is 5.97 Å². The Morgan fingerprint density at radius 1 is 0.859 bits per heavy atom. The van der Waals surface area contributed by atoms with Gasteiger partial charge in [-0.15, -0.1) is 0 Å². The van der Waals surface area contributed by atoms with E-state index in [-0.39, 0.29) is 19.8 Å². The quantitative estimate of drug-likeness (QED) is 0.0588. The first-order valence-corrected chi connectivity index (χ1v) is 22.1. The van der Waals surface area contributed by atoms with E-state index in [0.29, 0.717) is 46.8 Å². The minimum absolute atomic E-state index is 0.0178. The van der Waals surface area contributed by atoms with Gasteiger partial charge in [-0.3, -0.25) is 19.3 Å². The number of anilines is 1. The zero-order chi connectivity index (χ0) is 43.8. The summed E-state index contributed by atoms with van der Waals surface area (Å²) in [5.74, 6) is 4.26. The summed E-state index contributed by atoms with van der Waals surface area (Å²) >= 11 is 0. The number of aromatic amines is 1. The first-order chi connectivity index (χ1) is 31.3. The normalized spacial score (nSPS) is 24.8. The number of benzene rings is 5. The molecule has 1 aliphatic carbocycles. The summed E-state index contributed by atoms with van der Waals surface area (Å²) in [5.41, 5.74) is 2.17. The molecule has 2 amide bonds. The Balaban J connectivity index is 1.21. The van der Waals surface area contributed by atoms with Gasteiger partial charge in [0.15, 0.2) is 0 Å². The Bertz CT molecular complexity index is 2740. The minimum Gasteiger partial charge on any atom is -0.491 e. The molecule has 4 aliphatic rings. The van der Waals surface area contributed by atoms with Crippen LogP contribution in [0, 0.1) is 17.8 Å². The van der Waals surface area contributed by atoms with Crippen molar-refractivity contribution in [1.82, 2.24) is 20.2 Å². The van der Waals surface area contributed by atoms with Crippen molar-refractivity contribution in [2.45, 2.75) is 80.3 Å². The monoisotopic (exact) mass is 855 g/mol. The fourth-order valence-electron chi connectivity index (χ4n) is 10.6. The van der Waals surface area contributed by atoms with Crippen molar-refractivity contribution >= 4 is 34.5 Å². The maximum atomic E-state index is 15.7. The molecule has 0 unspecified atom stereocenters. The molecule has 5 aromatic carbocycles. The number of aliphatic hydroxyl groups is 2. The van der Waals surface area contributed by atoms with Crippen LogP contribution in [0.5, 0.6) is 5.75 Å². The maximum absolute atomic E-state index is 15.7. The molecular formula is C52H49N5O7.